The van der Waals surface area contributed by atoms with E-state index in [1.807, 2.05) is 0 Å². The topological polar surface area (TPSA) is 46.2 Å². The molecule has 1 aliphatic carbocycles. The molecule has 0 radical (unpaired) electrons. The van der Waals surface area contributed by atoms with Gasteiger partial charge >= 0.3 is 12.4 Å². The van der Waals surface area contributed by atoms with Crippen molar-refractivity contribution in [3.63, 3.8) is 0 Å². The van der Waals surface area contributed by atoms with E-state index in [2.05, 4.69) is 5.32 Å². The zero-order valence-corrected chi connectivity index (χ0v) is 20.0. The van der Waals surface area contributed by atoms with Gasteiger partial charge in [0.25, 0.3) is 0 Å². The number of carbonyl (C=O) groups is 2. The Balaban J connectivity index is 1.83. The van der Waals surface area contributed by atoms with Gasteiger partial charge in [-0.3, -0.25) is 9.59 Å². The summed E-state index contributed by atoms with van der Waals surface area (Å²) in [5, 5.41) is 1.31. The van der Waals surface area contributed by atoms with E-state index >= 15 is 0 Å². The van der Waals surface area contributed by atoms with Crippen LogP contribution in [0.1, 0.15) is 40.2 Å². The van der Waals surface area contributed by atoms with Crippen LogP contribution in [0.25, 0.3) is 0 Å². The molecule has 2 atom stereocenters. The Morgan fingerprint density at radius 3 is 2.17 bits per heavy atom. The van der Waals surface area contributed by atoms with E-state index in [0.29, 0.717) is 12.1 Å². The number of rotatable bonds is 6. The van der Waals surface area contributed by atoms with Gasteiger partial charge in [-0.1, -0.05) is 23.2 Å². The quantitative estimate of drug-likeness (QED) is 0.211. The molecule has 1 N–H and O–H groups in total. The van der Waals surface area contributed by atoms with Gasteiger partial charge < -0.3 is 5.32 Å². The molecular formula is C21H12Cl4F7NO2. The van der Waals surface area contributed by atoms with Crippen molar-refractivity contribution in [3.8, 4) is 0 Å². The maximum absolute atomic E-state index is 14.5. The summed E-state index contributed by atoms with van der Waals surface area (Å²) in [5.41, 5.74) is -2.25. The second kappa shape index (κ2) is 9.61. The summed E-state index contributed by atoms with van der Waals surface area (Å²) in [6, 6.07) is 4.25. The van der Waals surface area contributed by atoms with Gasteiger partial charge in [0.1, 0.15) is 10.2 Å². The highest BCUT2D eigenvalue weighted by molar-refractivity contribution is 6.53. The number of hydrogen-bond donors (Lipinski definition) is 1. The highest BCUT2D eigenvalue weighted by atomic mass is 35.5. The van der Waals surface area contributed by atoms with E-state index in [1.54, 1.807) is 0 Å². The van der Waals surface area contributed by atoms with E-state index in [9.17, 15) is 40.3 Å². The van der Waals surface area contributed by atoms with Crippen LogP contribution in [0.5, 0.6) is 0 Å². The van der Waals surface area contributed by atoms with E-state index in [0.717, 1.165) is 12.1 Å². The number of anilines is 1. The number of amides is 1. The van der Waals surface area contributed by atoms with Crippen molar-refractivity contribution in [2.75, 3.05) is 5.32 Å². The first-order chi connectivity index (χ1) is 15.9. The Labute approximate surface area is 213 Å². The molecule has 3 nitrogen and oxygen atoms in total. The highest BCUT2D eigenvalue weighted by Gasteiger charge is 2.68. The molecule has 190 valence electrons. The number of alkyl halides is 8. The first-order valence-electron chi connectivity index (χ1n) is 9.57. The zero-order valence-electron chi connectivity index (χ0n) is 16.9. The van der Waals surface area contributed by atoms with Crippen molar-refractivity contribution in [3.05, 3.63) is 62.9 Å². The normalized spacial score (nSPS) is 19.4. The molecule has 1 amide bonds. The Hall–Kier alpha value is -1.75. The first-order valence-corrected chi connectivity index (χ1v) is 11.1. The lowest BCUT2D eigenvalue weighted by Gasteiger charge is -2.12. The summed E-state index contributed by atoms with van der Waals surface area (Å²) in [6.07, 6.45) is -11.7. The Morgan fingerprint density at radius 2 is 1.60 bits per heavy atom. The summed E-state index contributed by atoms with van der Waals surface area (Å²) < 4.78 is 89.1. The monoisotopic (exact) mass is 583 g/mol. The van der Waals surface area contributed by atoms with Gasteiger partial charge in [0, 0.05) is 23.6 Å². The molecule has 0 spiro atoms. The molecule has 0 heterocycles. The minimum absolute atomic E-state index is 0.0768. The van der Waals surface area contributed by atoms with Crippen LogP contribution in [0.2, 0.25) is 10.0 Å². The molecule has 1 fully saturated rings. The third kappa shape index (κ3) is 6.15. The lowest BCUT2D eigenvalue weighted by Crippen LogP contribution is -2.18. The minimum Gasteiger partial charge on any atom is -0.326 e. The molecule has 0 aromatic heterocycles. The lowest BCUT2D eigenvalue weighted by molar-refractivity contribution is -0.137. The van der Waals surface area contributed by atoms with E-state index in [4.69, 9.17) is 46.4 Å². The van der Waals surface area contributed by atoms with Gasteiger partial charge in [-0.05, 0) is 35.9 Å². The Morgan fingerprint density at radius 1 is 0.971 bits per heavy atom. The van der Waals surface area contributed by atoms with E-state index < -0.39 is 75.0 Å². The molecule has 3 rings (SSSR count). The summed E-state index contributed by atoms with van der Waals surface area (Å²) >= 11 is 23.6. The summed E-state index contributed by atoms with van der Waals surface area (Å²) in [5.74, 6) is -5.91. The number of nitrogens with one attached hydrogen (secondary N) is 1. The Bertz CT molecular complexity index is 1180. The average molecular weight is 585 g/mol. The fraction of sp³-hybridized carbons (Fsp3) is 0.333. The molecule has 35 heavy (non-hydrogen) atoms. The van der Waals surface area contributed by atoms with Crippen LogP contribution >= 0.6 is 46.4 Å². The van der Waals surface area contributed by atoms with Crippen molar-refractivity contribution in [2.45, 2.75) is 35.4 Å². The summed E-state index contributed by atoms with van der Waals surface area (Å²) in [4.78, 5) is 24.9. The van der Waals surface area contributed by atoms with Crippen LogP contribution in [0.3, 0.4) is 0 Å². The fourth-order valence-corrected chi connectivity index (χ4v) is 4.73. The molecule has 0 aliphatic heterocycles. The second-order valence-electron chi connectivity index (χ2n) is 7.71. The third-order valence-corrected chi connectivity index (χ3v) is 6.77. The van der Waals surface area contributed by atoms with Gasteiger partial charge in [-0.2, -0.15) is 26.3 Å². The van der Waals surface area contributed by atoms with Crippen molar-refractivity contribution in [1.29, 1.82) is 0 Å². The molecule has 14 heteroatoms. The van der Waals surface area contributed by atoms with Gasteiger partial charge in [0.2, 0.25) is 5.91 Å². The maximum Gasteiger partial charge on any atom is 0.416 e. The van der Waals surface area contributed by atoms with E-state index in [1.165, 1.54) is 6.07 Å². The number of carbonyl (C=O) groups excluding carboxylic acids is 2. The molecular weight excluding hydrogens is 573 g/mol. The number of halogens is 11. The van der Waals surface area contributed by atoms with Crippen molar-refractivity contribution < 1.29 is 40.3 Å². The molecule has 1 aliphatic rings. The van der Waals surface area contributed by atoms with Gasteiger partial charge in [-0.25, -0.2) is 4.39 Å². The zero-order chi connectivity index (χ0) is 26.5. The van der Waals surface area contributed by atoms with Crippen LogP contribution in [-0.2, 0) is 11.0 Å². The predicted molar refractivity (Wildman–Crippen MR) is 117 cm³/mol. The molecule has 0 saturated heterocycles. The SMILES string of the molecule is O=C(CCC(F)(F)F)c1cc(NC(=O)C2C(c3cc(C(F)(F)F)cc(Cl)c3F)C2(Cl)Cl)ccc1Cl. The predicted octanol–water partition coefficient (Wildman–Crippen LogP) is 8.20. The van der Waals surface area contributed by atoms with Crippen molar-refractivity contribution >= 4 is 63.8 Å². The van der Waals surface area contributed by atoms with Crippen LogP contribution in [0.4, 0.5) is 36.4 Å². The summed E-state index contributed by atoms with van der Waals surface area (Å²) in [6.45, 7) is 0. The van der Waals surface area contributed by atoms with Gasteiger partial charge in [-0.15, -0.1) is 23.2 Å². The van der Waals surface area contributed by atoms with Crippen molar-refractivity contribution in [1.82, 2.24) is 0 Å². The third-order valence-electron chi connectivity index (χ3n) is 5.22. The number of benzene rings is 2. The largest absolute Gasteiger partial charge is 0.416 e. The fourth-order valence-electron chi connectivity index (χ4n) is 3.47. The van der Waals surface area contributed by atoms with E-state index in [-0.39, 0.29) is 16.3 Å². The lowest BCUT2D eigenvalue weighted by atomic mass is 10.0. The first kappa shape index (κ1) is 27.8. The number of Topliss-reactive ketones (excluding diaryl/α,β-unsaturated/α-hetero) is 1. The standard InChI is InChI=1S/C21H12Cl4F7NO2/c22-12-2-1-9(7-10(12)14(34)3-4-19(27,28)29)33-18(35)16-15(20(16,24)25)11-5-8(21(30,31)32)6-13(23)17(11)26/h1-2,5-7,15-16H,3-4H2,(H,33,35). The molecule has 2 aromatic rings. The smallest absolute Gasteiger partial charge is 0.326 e. The van der Waals surface area contributed by atoms with Gasteiger partial charge in [0.05, 0.1) is 27.9 Å². The summed E-state index contributed by atoms with van der Waals surface area (Å²) in [7, 11) is 0. The number of hydrogen-bond acceptors (Lipinski definition) is 2. The molecule has 2 aromatic carbocycles. The van der Waals surface area contributed by atoms with Crippen molar-refractivity contribution in [2.24, 2.45) is 5.92 Å². The highest BCUT2D eigenvalue weighted by Crippen LogP contribution is 2.66. The maximum atomic E-state index is 14.5. The minimum atomic E-state index is -4.86. The Kier molecular flexibility index (Phi) is 7.64. The van der Waals surface area contributed by atoms with Gasteiger partial charge in [0.15, 0.2) is 5.78 Å². The van der Waals surface area contributed by atoms with Crippen LogP contribution in [-0.4, -0.2) is 22.2 Å². The van der Waals surface area contributed by atoms with Crippen LogP contribution in [0, 0.1) is 11.7 Å². The molecule has 0 bridgehead atoms. The van der Waals surface area contributed by atoms with Crippen LogP contribution < -0.4 is 5.32 Å². The molecule has 2 unspecified atom stereocenters. The van der Waals surface area contributed by atoms with Crippen LogP contribution in [0.15, 0.2) is 30.3 Å². The average Bonchev–Trinajstić information content (AvgIpc) is 3.29. The molecule has 1 saturated carbocycles. The second-order valence-corrected chi connectivity index (χ2v) is 9.97. The number of ketones is 1.